The van der Waals surface area contributed by atoms with Crippen LogP contribution in [-0.4, -0.2) is 62.3 Å². The second kappa shape index (κ2) is 8.71. The van der Waals surface area contributed by atoms with Crippen molar-refractivity contribution in [1.29, 1.82) is 0 Å². The Kier molecular flexibility index (Phi) is 6.55. The van der Waals surface area contributed by atoms with Crippen molar-refractivity contribution in [2.75, 3.05) is 32.7 Å². The summed E-state index contributed by atoms with van der Waals surface area (Å²) in [5, 5.41) is 3.23. The average molecular weight is 394 g/mol. The monoisotopic (exact) mass is 393 g/mol. The number of benzene rings is 1. The summed E-state index contributed by atoms with van der Waals surface area (Å²) in [6, 6.07) is 5.41. The topological polar surface area (TPSA) is 69.7 Å². The van der Waals surface area contributed by atoms with E-state index in [4.69, 9.17) is 0 Å². The zero-order chi connectivity index (χ0) is 19.4. The molecule has 2 fully saturated rings. The van der Waals surface area contributed by atoms with E-state index in [1.807, 2.05) is 26.0 Å². The van der Waals surface area contributed by atoms with Crippen molar-refractivity contribution in [1.82, 2.24) is 14.5 Å². The van der Waals surface area contributed by atoms with Crippen LogP contribution in [0.5, 0.6) is 0 Å². The predicted octanol–water partition coefficient (Wildman–Crippen LogP) is 2.06. The van der Waals surface area contributed by atoms with E-state index in [2.05, 4.69) is 5.32 Å². The lowest BCUT2D eigenvalue weighted by Crippen LogP contribution is -2.52. The van der Waals surface area contributed by atoms with E-state index in [1.54, 1.807) is 11.0 Å². The molecule has 1 aromatic carbocycles. The minimum Gasteiger partial charge on any atom is -0.339 e. The van der Waals surface area contributed by atoms with E-state index in [1.165, 1.54) is 4.31 Å². The molecule has 7 heteroatoms. The molecule has 0 radical (unpaired) electrons. The molecule has 0 bridgehead atoms. The maximum atomic E-state index is 13.6. The first-order chi connectivity index (χ1) is 12.9. The number of carbonyl (C=O) groups excluding carboxylic acids is 1. The molecule has 1 aromatic rings. The van der Waals surface area contributed by atoms with Gasteiger partial charge in [-0.3, -0.25) is 4.79 Å². The van der Waals surface area contributed by atoms with Crippen molar-refractivity contribution in [3.63, 3.8) is 0 Å². The van der Waals surface area contributed by atoms with Gasteiger partial charge in [-0.2, -0.15) is 4.31 Å². The molecule has 1 heterocycles. The summed E-state index contributed by atoms with van der Waals surface area (Å²) in [5.41, 5.74) is 1.65. The van der Waals surface area contributed by atoms with Crippen LogP contribution in [0.3, 0.4) is 0 Å². The van der Waals surface area contributed by atoms with Crippen LogP contribution in [0.1, 0.15) is 43.2 Å². The Hall–Kier alpha value is -1.44. The standard InChI is InChI=1S/C20H31N3O3S/c1-16-8-9-17(2)19(14-16)27(25,26)23(18-6-4-3-5-7-18)15-20(24)22-12-10-21-11-13-22/h8-9,14,18,21H,3-7,10-13,15H2,1-2H3. The lowest BCUT2D eigenvalue weighted by molar-refractivity contribution is -0.132. The summed E-state index contributed by atoms with van der Waals surface area (Å²) in [5.74, 6) is -0.0871. The van der Waals surface area contributed by atoms with Crippen LogP contribution in [0.15, 0.2) is 23.1 Å². The Labute approximate surface area is 163 Å². The molecule has 150 valence electrons. The highest BCUT2D eigenvalue weighted by Crippen LogP contribution is 2.29. The number of amides is 1. The zero-order valence-corrected chi connectivity index (χ0v) is 17.2. The van der Waals surface area contributed by atoms with Gasteiger partial charge in [-0.15, -0.1) is 0 Å². The molecule has 1 amide bonds. The molecular weight excluding hydrogens is 362 g/mol. The lowest BCUT2D eigenvalue weighted by atomic mass is 9.95. The van der Waals surface area contributed by atoms with E-state index in [-0.39, 0.29) is 18.5 Å². The minimum atomic E-state index is -3.72. The van der Waals surface area contributed by atoms with Gasteiger partial charge in [-0.25, -0.2) is 8.42 Å². The summed E-state index contributed by atoms with van der Waals surface area (Å²) in [7, 11) is -3.72. The largest absolute Gasteiger partial charge is 0.339 e. The van der Waals surface area contributed by atoms with Crippen LogP contribution in [-0.2, 0) is 14.8 Å². The second-order valence-corrected chi connectivity index (χ2v) is 9.60. The Morgan fingerprint density at radius 3 is 2.48 bits per heavy atom. The fourth-order valence-corrected chi connectivity index (χ4v) is 5.98. The fraction of sp³-hybridized carbons (Fsp3) is 0.650. The van der Waals surface area contributed by atoms with E-state index in [9.17, 15) is 13.2 Å². The van der Waals surface area contributed by atoms with Crippen molar-refractivity contribution in [2.24, 2.45) is 0 Å². The summed E-state index contributed by atoms with van der Waals surface area (Å²) in [6.07, 6.45) is 4.84. The molecule has 0 spiro atoms. The van der Waals surface area contributed by atoms with Crippen molar-refractivity contribution in [2.45, 2.75) is 56.9 Å². The molecule has 6 nitrogen and oxygen atoms in total. The van der Waals surface area contributed by atoms with E-state index in [0.717, 1.165) is 56.3 Å². The molecule has 27 heavy (non-hydrogen) atoms. The number of rotatable bonds is 5. The maximum Gasteiger partial charge on any atom is 0.244 e. The number of carbonyl (C=O) groups is 1. The zero-order valence-electron chi connectivity index (χ0n) is 16.4. The van der Waals surface area contributed by atoms with Gasteiger partial charge in [0.1, 0.15) is 0 Å². The third-order valence-electron chi connectivity index (χ3n) is 5.67. The number of nitrogens with zero attached hydrogens (tertiary/aromatic N) is 2. The van der Waals surface area contributed by atoms with Gasteiger partial charge in [0, 0.05) is 32.2 Å². The SMILES string of the molecule is Cc1ccc(C)c(S(=O)(=O)N(CC(=O)N2CCNCC2)C2CCCCC2)c1. The molecule has 3 rings (SSSR count). The highest BCUT2D eigenvalue weighted by atomic mass is 32.2. The van der Waals surface area contributed by atoms with Gasteiger partial charge in [0.25, 0.3) is 0 Å². The molecule has 0 atom stereocenters. The van der Waals surface area contributed by atoms with Crippen molar-refractivity contribution >= 4 is 15.9 Å². The van der Waals surface area contributed by atoms with Gasteiger partial charge in [0.2, 0.25) is 15.9 Å². The Morgan fingerprint density at radius 2 is 1.81 bits per heavy atom. The molecule has 1 saturated carbocycles. The molecule has 1 N–H and O–H groups in total. The van der Waals surface area contributed by atoms with E-state index < -0.39 is 10.0 Å². The maximum absolute atomic E-state index is 13.6. The van der Waals surface area contributed by atoms with Crippen LogP contribution in [0.4, 0.5) is 0 Å². The number of sulfonamides is 1. The summed E-state index contributed by atoms with van der Waals surface area (Å²) < 4.78 is 28.6. The Bertz CT molecular complexity index is 767. The minimum absolute atomic E-state index is 0.0552. The molecule has 1 aliphatic heterocycles. The third-order valence-corrected chi connectivity index (χ3v) is 7.71. The molecule has 2 aliphatic rings. The number of nitrogens with one attached hydrogen (secondary N) is 1. The molecule has 1 saturated heterocycles. The lowest BCUT2D eigenvalue weighted by Gasteiger charge is -2.35. The Balaban J connectivity index is 1.90. The Morgan fingerprint density at radius 1 is 1.15 bits per heavy atom. The highest BCUT2D eigenvalue weighted by molar-refractivity contribution is 7.89. The van der Waals surface area contributed by atoms with Gasteiger partial charge in [0.05, 0.1) is 11.4 Å². The quantitative estimate of drug-likeness (QED) is 0.831. The number of aryl methyl sites for hydroxylation is 2. The van der Waals surface area contributed by atoms with Gasteiger partial charge in [-0.1, -0.05) is 31.4 Å². The second-order valence-electron chi connectivity index (χ2n) is 7.74. The van der Waals surface area contributed by atoms with Crippen molar-refractivity contribution in [3.8, 4) is 0 Å². The van der Waals surface area contributed by atoms with Gasteiger partial charge >= 0.3 is 0 Å². The number of hydrogen-bond donors (Lipinski definition) is 1. The van der Waals surface area contributed by atoms with Gasteiger partial charge in [-0.05, 0) is 43.9 Å². The summed E-state index contributed by atoms with van der Waals surface area (Å²) >= 11 is 0. The fourth-order valence-electron chi connectivity index (χ4n) is 4.04. The van der Waals surface area contributed by atoms with Gasteiger partial charge in [0.15, 0.2) is 0 Å². The first kappa shape index (κ1) is 20.3. The van der Waals surface area contributed by atoms with Crippen LogP contribution >= 0.6 is 0 Å². The number of piperazine rings is 1. The van der Waals surface area contributed by atoms with E-state index >= 15 is 0 Å². The first-order valence-electron chi connectivity index (χ1n) is 9.97. The summed E-state index contributed by atoms with van der Waals surface area (Å²) in [6.45, 7) is 6.47. The summed E-state index contributed by atoms with van der Waals surface area (Å²) in [4.78, 5) is 15.0. The number of hydrogen-bond acceptors (Lipinski definition) is 4. The first-order valence-corrected chi connectivity index (χ1v) is 11.4. The normalized spacial score (nSPS) is 19.4. The molecule has 1 aliphatic carbocycles. The average Bonchev–Trinajstić information content (AvgIpc) is 2.69. The van der Waals surface area contributed by atoms with Gasteiger partial charge < -0.3 is 10.2 Å². The molecule has 0 aromatic heterocycles. The molecule has 0 unspecified atom stereocenters. The van der Waals surface area contributed by atoms with E-state index in [0.29, 0.717) is 18.0 Å². The third kappa shape index (κ3) is 4.70. The van der Waals surface area contributed by atoms with Crippen LogP contribution in [0.25, 0.3) is 0 Å². The van der Waals surface area contributed by atoms with Crippen LogP contribution in [0, 0.1) is 13.8 Å². The molecular formula is C20H31N3O3S. The predicted molar refractivity (Wildman–Crippen MR) is 106 cm³/mol. The van der Waals surface area contributed by atoms with Crippen molar-refractivity contribution < 1.29 is 13.2 Å². The van der Waals surface area contributed by atoms with Crippen LogP contribution in [0.2, 0.25) is 0 Å². The van der Waals surface area contributed by atoms with Crippen molar-refractivity contribution in [3.05, 3.63) is 29.3 Å². The van der Waals surface area contributed by atoms with Crippen LogP contribution < -0.4 is 5.32 Å². The smallest absolute Gasteiger partial charge is 0.244 e. The highest BCUT2D eigenvalue weighted by Gasteiger charge is 2.35.